The van der Waals surface area contributed by atoms with E-state index in [-0.39, 0.29) is 24.8 Å². The van der Waals surface area contributed by atoms with E-state index in [1.165, 1.54) is 0 Å². The summed E-state index contributed by atoms with van der Waals surface area (Å²) < 4.78 is 0. The van der Waals surface area contributed by atoms with Crippen molar-refractivity contribution in [1.82, 2.24) is 15.3 Å². The smallest absolute Gasteiger partial charge is 0.0961 e. The zero-order valence-electron chi connectivity index (χ0n) is 12.7. The van der Waals surface area contributed by atoms with Gasteiger partial charge in [0.25, 0.3) is 0 Å². The number of anilines is 1. The summed E-state index contributed by atoms with van der Waals surface area (Å²) in [6.07, 6.45) is 4.39. The van der Waals surface area contributed by atoms with Gasteiger partial charge in [0.2, 0.25) is 0 Å². The monoisotopic (exact) mass is 344 g/mol. The van der Waals surface area contributed by atoms with Crippen LogP contribution in [0, 0.1) is 6.92 Å². The highest BCUT2D eigenvalue weighted by Crippen LogP contribution is 2.31. The highest BCUT2D eigenvalue weighted by molar-refractivity contribution is 5.91. The lowest BCUT2D eigenvalue weighted by Crippen LogP contribution is -2.41. The van der Waals surface area contributed by atoms with Gasteiger partial charge >= 0.3 is 0 Å². The van der Waals surface area contributed by atoms with Gasteiger partial charge in [-0.1, -0.05) is 0 Å². The Bertz CT molecular complexity index is 640. The van der Waals surface area contributed by atoms with E-state index < -0.39 is 5.60 Å². The van der Waals surface area contributed by atoms with Crippen molar-refractivity contribution in [1.29, 1.82) is 0 Å². The molecule has 1 saturated heterocycles. The van der Waals surface area contributed by atoms with E-state index in [0.29, 0.717) is 13.1 Å². The number of aliphatic hydroxyl groups is 1. The molecule has 1 aliphatic heterocycles. The molecule has 2 aromatic rings. The average molecular weight is 345 g/mol. The number of likely N-dealkylation sites (N-methyl/N-ethyl adjacent to an activating group) is 1. The Morgan fingerprint density at radius 1 is 1.41 bits per heavy atom. The van der Waals surface area contributed by atoms with Crippen LogP contribution in [-0.2, 0) is 0 Å². The summed E-state index contributed by atoms with van der Waals surface area (Å²) >= 11 is 0. The first-order valence-electron chi connectivity index (χ1n) is 6.95. The third-order valence-corrected chi connectivity index (χ3v) is 3.90. The average Bonchev–Trinajstić information content (AvgIpc) is 2.80. The molecule has 0 saturated carbocycles. The Morgan fingerprint density at radius 2 is 2.18 bits per heavy atom. The standard InChI is InChI=1S/C15H20N4O.2ClH/c1-11-7-14(12-8-17-5-3-13(12)18-11)19-6-4-15(20,10-19)9-16-2;;/h3,5,7-8,16,20H,4,6,9-10H2,1-2H3;2*1H. The molecule has 0 radical (unpaired) electrons. The number of hydrogen-bond acceptors (Lipinski definition) is 5. The van der Waals surface area contributed by atoms with Crippen LogP contribution < -0.4 is 10.2 Å². The molecule has 0 spiro atoms. The summed E-state index contributed by atoms with van der Waals surface area (Å²) in [5.41, 5.74) is 2.41. The zero-order chi connectivity index (χ0) is 14.2. The number of aryl methyl sites for hydroxylation is 1. The number of β-amino-alcohol motifs (C(OH)–C–C–N with tert-alkyl or cyclic N) is 1. The molecule has 1 aliphatic rings. The maximum atomic E-state index is 10.5. The molecule has 5 nitrogen and oxygen atoms in total. The van der Waals surface area contributed by atoms with Gasteiger partial charge in [-0.15, -0.1) is 24.8 Å². The number of pyridine rings is 2. The van der Waals surface area contributed by atoms with Crippen LogP contribution in [-0.4, -0.2) is 47.4 Å². The second kappa shape index (κ2) is 7.42. The summed E-state index contributed by atoms with van der Waals surface area (Å²) in [6.45, 7) is 4.11. The van der Waals surface area contributed by atoms with Gasteiger partial charge < -0.3 is 15.3 Å². The largest absolute Gasteiger partial charge is 0.387 e. The van der Waals surface area contributed by atoms with E-state index in [2.05, 4.69) is 26.3 Å². The second-order valence-electron chi connectivity index (χ2n) is 5.60. The predicted molar refractivity (Wildman–Crippen MR) is 94.5 cm³/mol. The van der Waals surface area contributed by atoms with Crippen LogP contribution in [0.1, 0.15) is 12.1 Å². The van der Waals surface area contributed by atoms with Crippen molar-refractivity contribution < 1.29 is 5.11 Å². The molecule has 7 heteroatoms. The summed E-state index contributed by atoms with van der Waals surface area (Å²) in [4.78, 5) is 11.0. The molecule has 1 atom stereocenters. The summed E-state index contributed by atoms with van der Waals surface area (Å²) in [5.74, 6) is 0. The van der Waals surface area contributed by atoms with Crippen molar-refractivity contribution in [2.75, 3.05) is 31.6 Å². The van der Waals surface area contributed by atoms with Crippen LogP contribution in [0.2, 0.25) is 0 Å². The van der Waals surface area contributed by atoms with Crippen LogP contribution in [0.3, 0.4) is 0 Å². The van der Waals surface area contributed by atoms with Crippen LogP contribution in [0.15, 0.2) is 24.5 Å². The number of nitrogens with zero attached hydrogens (tertiary/aromatic N) is 3. The van der Waals surface area contributed by atoms with Gasteiger partial charge in [-0.3, -0.25) is 9.97 Å². The van der Waals surface area contributed by atoms with Crippen molar-refractivity contribution in [3.8, 4) is 0 Å². The zero-order valence-corrected chi connectivity index (χ0v) is 14.4. The predicted octanol–water partition coefficient (Wildman–Crippen LogP) is 1.94. The van der Waals surface area contributed by atoms with Gasteiger partial charge in [-0.2, -0.15) is 0 Å². The molecule has 0 aromatic carbocycles. The molecule has 0 aliphatic carbocycles. The van der Waals surface area contributed by atoms with Crippen molar-refractivity contribution >= 4 is 41.4 Å². The lowest BCUT2D eigenvalue weighted by Gasteiger charge is -2.25. The summed E-state index contributed by atoms with van der Waals surface area (Å²) in [5, 5.41) is 14.6. The fraction of sp³-hybridized carbons (Fsp3) is 0.467. The molecule has 3 heterocycles. The van der Waals surface area contributed by atoms with Gasteiger partial charge in [0, 0.05) is 48.8 Å². The van der Waals surface area contributed by atoms with Crippen LogP contribution in [0.25, 0.3) is 10.9 Å². The fourth-order valence-electron chi connectivity index (χ4n) is 2.98. The molecule has 2 N–H and O–H groups in total. The maximum Gasteiger partial charge on any atom is 0.0961 e. The van der Waals surface area contributed by atoms with Gasteiger partial charge in [-0.25, -0.2) is 0 Å². The molecule has 2 aromatic heterocycles. The van der Waals surface area contributed by atoms with E-state index in [0.717, 1.165) is 35.2 Å². The second-order valence-corrected chi connectivity index (χ2v) is 5.60. The minimum Gasteiger partial charge on any atom is -0.387 e. The number of halogens is 2. The van der Waals surface area contributed by atoms with E-state index in [1.54, 1.807) is 6.20 Å². The Kier molecular flexibility index (Phi) is 6.38. The minimum absolute atomic E-state index is 0. The molecular weight excluding hydrogens is 323 g/mol. The number of hydrogen-bond donors (Lipinski definition) is 2. The fourth-order valence-corrected chi connectivity index (χ4v) is 2.98. The molecule has 0 bridgehead atoms. The van der Waals surface area contributed by atoms with Crippen LogP contribution in [0.4, 0.5) is 5.69 Å². The van der Waals surface area contributed by atoms with E-state index in [4.69, 9.17) is 0 Å². The quantitative estimate of drug-likeness (QED) is 0.890. The third-order valence-electron chi connectivity index (χ3n) is 3.90. The van der Waals surface area contributed by atoms with Gasteiger partial charge in [0.05, 0.1) is 11.1 Å². The molecule has 1 unspecified atom stereocenters. The highest BCUT2D eigenvalue weighted by Gasteiger charge is 2.36. The highest BCUT2D eigenvalue weighted by atomic mass is 35.5. The number of rotatable bonds is 3. The van der Waals surface area contributed by atoms with E-state index in [1.807, 2.05) is 26.2 Å². The molecule has 3 rings (SSSR count). The first kappa shape index (κ1) is 18.9. The minimum atomic E-state index is -0.652. The van der Waals surface area contributed by atoms with Crippen molar-refractivity contribution in [3.05, 3.63) is 30.2 Å². The lowest BCUT2D eigenvalue weighted by molar-refractivity contribution is 0.0651. The van der Waals surface area contributed by atoms with E-state index in [9.17, 15) is 5.11 Å². The Balaban J connectivity index is 0.00000121. The summed E-state index contributed by atoms with van der Waals surface area (Å²) in [7, 11) is 1.87. The lowest BCUT2D eigenvalue weighted by atomic mass is 10.0. The van der Waals surface area contributed by atoms with Gasteiger partial charge in [0.15, 0.2) is 0 Å². The van der Waals surface area contributed by atoms with Gasteiger partial charge in [-0.05, 0) is 32.5 Å². The van der Waals surface area contributed by atoms with Crippen molar-refractivity contribution in [2.24, 2.45) is 0 Å². The normalized spacial score (nSPS) is 20.6. The number of aromatic nitrogens is 2. The topological polar surface area (TPSA) is 61.3 Å². The molecule has 122 valence electrons. The first-order chi connectivity index (χ1) is 9.61. The summed E-state index contributed by atoms with van der Waals surface area (Å²) in [6, 6.07) is 4.01. The van der Waals surface area contributed by atoms with Gasteiger partial charge in [0.1, 0.15) is 0 Å². The van der Waals surface area contributed by atoms with E-state index >= 15 is 0 Å². The Morgan fingerprint density at radius 3 is 2.91 bits per heavy atom. The first-order valence-corrected chi connectivity index (χ1v) is 6.95. The van der Waals surface area contributed by atoms with Crippen LogP contribution >= 0.6 is 24.8 Å². The number of fused-ring (bicyclic) bond motifs is 1. The van der Waals surface area contributed by atoms with Crippen molar-refractivity contribution in [2.45, 2.75) is 18.9 Å². The Hall–Kier alpha value is -1.14. The molecule has 1 fully saturated rings. The number of nitrogens with one attached hydrogen (secondary N) is 1. The maximum absolute atomic E-state index is 10.5. The molecule has 0 amide bonds. The molecule has 22 heavy (non-hydrogen) atoms. The Labute approximate surface area is 143 Å². The SMILES string of the molecule is CNCC1(O)CCN(c2cc(C)nc3ccncc23)C1.Cl.Cl. The van der Waals surface area contributed by atoms with Crippen LogP contribution in [0.5, 0.6) is 0 Å². The third kappa shape index (κ3) is 3.60. The van der Waals surface area contributed by atoms with Crippen molar-refractivity contribution in [3.63, 3.8) is 0 Å². The molecular formula is C15H22Cl2N4O.